The van der Waals surface area contributed by atoms with E-state index >= 15 is 0 Å². The Morgan fingerprint density at radius 2 is 2.08 bits per heavy atom. The number of aromatic nitrogens is 1. The molecule has 1 aromatic heterocycles. The van der Waals surface area contributed by atoms with Gasteiger partial charge in [0.05, 0.1) is 0 Å². The molecule has 1 heterocycles. The molecule has 0 radical (unpaired) electrons. The number of carbonyl (C=O) groups excluding carboxylic acids is 1. The SMILES string of the molecule is O=Cc1ccc2ccncc2c1. The van der Waals surface area contributed by atoms with Gasteiger partial charge in [-0.15, -0.1) is 0 Å². The molecule has 58 valence electrons. The maximum Gasteiger partial charge on any atom is 0.150 e. The number of pyridine rings is 1. The smallest absolute Gasteiger partial charge is 0.150 e. The lowest BCUT2D eigenvalue weighted by Crippen LogP contribution is -1.80. The van der Waals surface area contributed by atoms with E-state index in [0.717, 1.165) is 17.1 Å². The number of fused-ring (bicyclic) bond motifs is 1. The molecule has 0 spiro atoms. The zero-order valence-corrected chi connectivity index (χ0v) is 6.40. The molecule has 0 aliphatic carbocycles. The van der Waals surface area contributed by atoms with Crippen molar-refractivity contribution in [3.05, 3.63) is 42.2 Å². The summed E-state index contributed by atoms with van der Waals surface area (Å²) in [6, 6.07) is 7.47. The summed E-state index contributed by atoms with van der Waals surface area (Å²) in [4.78, 5) is 14.4. The molecule has 2 heteroatoms. The third-order valence-electron chi connectivity index (χ3n) is 1.80. The first-order valence-electron chi connectivity index (χ1n) is 3.69. The van der Waals surface area contributed by atoms with E-state index in [2.05, 4.69) is 4.98 Å². The molecule has 0 saturated heterocycles. The molecule has 2 nitrogen and oxygen atoms in total. The molecule has 0 atom stereocenters. The summed E-state index contributed by atoms with van der Waals surface area (Å²) in [5.41, 5.74) is 0.690. The summed E-state index contributed by atoms with van der Waals surface area (Å²) in [6.07, 6.45) is 4.33. The molecular weight excluding hydrogens is 150 g/mol. The highest BCUT2D eigenvalue weighted by atomic mass is 16.1. The number of hydrogen-bond acceptors (Lipinski definition) is 2. The van der Waals surface area contributed by atoms with Gasteiger partial charge in [0.2, 0.25) is 0 Å². The van der Waals surface area contributed by atoms with Crippen molar-refractivity contribution in [1.82, 2.24) is 4.98 Å². The maximum atomic E-state index is 10.4. The Morgan fingerprint density at radius 1 is 1.17 bits per heavy atom. The number of aldehydes is 1. The summed E-state index contributed by atoms with van der Waals surface area (Å²) >= 11 is 0. The van der Waals surface area contributed by atoms with Crippen LogP contribution in [0.5, 0.6) is 0 Å². The molecule has 0 aliphatic heterocycles. The van der Waals surface area contributed by atoms with E-state index in [1.165, 1.54) is 0 Å². The monoisotopic (exact) mass is 157 g/mol. The van der Waals surface area contributed by atoms with Gasteiger partial charge in [-0.05, 0) is 17.5 Å². The van der Waals surface area contributed by atoms with Crippen molar-refractivity contribution in [1.29, 1.82) is 0 Å². The van der Waals surface area contributed by atoms with Gasteiger partial charge >= 0.3 is 0 Å². The Labute approximate surface area is 69.9 Å². The molecule has 12 heavy (non-hydrogen) atoms. The lowest BCUT2D eigenvalue weighted by atomic mass is 10.1. The van der Waals surface area contributed by atoms with Crippen molar-refractivity contribution < 1.29 is 4.79 Å². The largest absolute Gasteiger partial charge is 0.298 e. The molecule has 0 unspecified atom stereocenters. The summed E-state index contributed by atoms with van der Waals surface area (Å²) in [6.45, 7) is 0. The minimum absolute atomic E-state index is 0.690. The summed E-state index contributed by atoms with van der Waals surface area (Å²) in [5, 5.41) is 2.11. The second kappa shape index (κ2) is 2.74. The predicted molar refractivity (Wildman–Crippen MR) is 47.1 cm³/mol. The minimum Gasteiger partial charge on any atom is -0.298 e. The molecule has 1 aromatic carbocycles. The van der Waals surface area contributed by atoms with Crippen molar-refractivity contribution in [2.24, 2.45) is 0 Å². The van der Waals surface area contributed by atoms with Crippen molar-refractivity contribution in [3.8, 4) is 0 Å². The number of benzene rings is 1. The van der Waals surface area contributed by atoms with Crippen LogP contribution in [-0.4, -0.2) is 11.3 Å². The van der Waals surface area contributed by atoms with Crippen LogP contribution in [0.2, 0.25) is 0 Å². The van der Waals surface area contributed by atoms with Gasteiger partial charge in [0.15, 0.2) is 0 Å². The molecule has 2 aromatic rings. The van der Waals surface area contributed by atoms with Crippen molar-refractivity contribution in [2.75, 3.05) is 0 Å². The van der Waals surface area contributed by atoms with Crippen LogP contribution in [0.15, 0.2) is 36.7 Å². The third kappa shape index (κ3) is 1.07. The summed E-state index contributed by atoms with van der Waals surface area (Å²) < 4.78 is 0. The molecule has 0 saturated carbocycles. The van der Waals surface area contributed by atoms with Gasteiger partial charge in [0.1, 0.15) is 6.29 Å². The molecule has 0 aliphatic rings. The highest BCUT2D eigenvalue weighted by Crippen LogP contribution is 2.12. The fourth-order valence-corrected chi connectivity index (χ4v) is 1.18. The predicted octanol–water partition coefficient (Wildman–Crippen LogP) is 2.05. The number of hydrogen-bond donors (Lipinski definition) is 0. The van der Waals surface area contributed by atoms with Crippen LogP contribution >= 0.6 is 0 Å². The molecule has 0 amide bonds. The van der Waals surface area contributed by atoms with Crippen LogP contribution in [0.3, 0.4) is 0 Å². The van der Waals surface area contributed by atoms with Gasteiger partial charge in [-0.3, -0.25) is 9.78 Å². The molecular formula is C10H7NO. The van der Waals surface area contributed by atoms with E-state index in [4.69, 9.17) is 0 Å². The van der Waals surface area contributed by atoms with Crippen LogP contribution in [0.4, 0.5) is 0 Å². The number of carbonyl (C=O) groups is 1. The lowest BCUT2D eigenvalue weighted by molar-refractivity contribution is 0.112. The van der Waals surface area contributed by atoms with Gasteiger partial charge in [-0.1, -0.05) is 12.1 Å². The zero-order valence-electron chi connectivity index (χ0n) is 6.40. The molecule has 0 N–H and O–H groups in total. The van der Waals surface area contributed by atoms with Crippen LogP contribution in [0.1, 0.15) is 10.4 Å². The second-order valence-electron chi connectivity index (χ2n) is 2.60. The number of nitrogens with zero attached hydrogens (tertiary/aromatic N) is 1. The Hall–Kier alpha value is -1.70. The van der Waals surface area contributed by atoms with Crippen LogP contribution in [0, 0.1) is 0 Å². The lowest BCUT2D eigenvalue weighted by Gasteiger charge is -1.95. The zero-order chi connectivity index (χ0) is 8.39. The highest BCUT2D eigenvalue weighted by Gasteiger charge is 1.93. The van der Waals surface area contributed by atoms with E-state index in [1.54, 1.807) is 18.5 Å². The normalized spacial score (nSPS) is 10.0. The summed E-state index contributed by atoms with van der Waals surface area (Å²) in [5.74, 6) is 0. The third-order valence-corrected chi connectivity index (χ3v) is 1.80. The topological polar surface area (TPSA) is 30.0 Å². The molecule has 0 fully saturated rings. The van der Waals surface area contributed by atoms with E-state index in [-0.39, 0.29) is 0 Å². The van der Waals surface area contributed by atoms with E-state index in [0.29, 0.717) is 5.56 Å². The quantitative estimate of drug-likeness (QED) is 0.593. The van der Waals surface area contributed by atoms with E-state index in [1.807, 2.05) is 18.2 Å². The van der Waals surface area contributed by atoms with Crippen LogP contribution < -0.4 is 0 Å². The summed E-state index contributed by atoms with van der Waals surface area (Å²) in [7, 11) is 0. The molecule has 2 rings (SSSR count). The van der Waals surface area contributed by atoms with Crippen molar-refractivity contribution in [3.63, 3.8) is 0 Å². The fourth-order valence-electron chi connectivity index (χ4n) is 1.18. The van der Waals surface area contributed by atoms with Crippen molar-refractivity contribution in [2.45, 2.75) is 0 Å². The first-order chi connectivity index (χ1) is 5.90. The first-order valence-corrected chi connectivity index (χ1v) is 3.69. The van der Waals surface area contributed by atoms with Gasteiger partial charge in [0.25, 0.3) is 0 Å². The standard InChI is InChI=1S/C10H7NO/c12-7-8-1-2-9-3-4-11-6-10(9)5-8/h1-7H. The van der Waals surface area contributed by atoms with Gasteiger partial charge in [-0.25, -0.2) is 0 Å². The average Bonchev–Trinajstić information content (AvgIpc) is 2.17. The Morgan fingerprint density at radius 3 is 2.92 bits per heavy atom. The Kier molecular flexibility index (Phi) is 1.59. The van der Waals surface area contributed by atoms with Gasteiger partial charge < -0.3 is 0 Å². The van der Waals surface area contributed by atoms with Gasteiger partial charge in [-0.2, -0.15) is 0 Å². The average molecular weight is 157 g/mol. The minimum atomic E-state index is 0.690. The second-order valence-corrected chi connectivity index (χ2v) is 2.60. The first kappa shape index (κ1) is 6.98. The van der Waals surface area contributed by atoms with E-state index in [9.17, 15) is 4.79 Å². The Bertz CT molecular complexity index is 423. The molecule has 0 bridgehead atoms. The van der Waals surface area contributed by atoms with Crippen LogP contribution in [-0.2, 0) is 0 Å². The maximum absolute atomic E-state index is 10.4. The number of rotatable bonds is 1. The van der Waals surface area contributed by atoms with Gasteiger partial charge in [0, 0.05) is 23.3 Å². The van der Waals surface area contributed by atoms with E-state index < -0.39 is 0 Å². The fraction of sp³-hybridized carbons (Fsp3) is 0. The Balaban J connectivity index is 2.75. The van der Waals surface area contributed by atoms with Crippen molar-refractivity contribution >= 4 is 17.1 Å². The highest BCUT2D eigenvalue weighted by molar-refractivity contribution is 5.88. The van der Waals surface area contributed by atoms with Crippen LogP contribution in [0.25, 0.3) is 10.8 Å².